The van der Waals surface area contributed by atoms with Gasteiger partial charge in [0.05, 0.1) is 11.6 Å². The highest BCUT2D eigenvalue weighted by atomic mass is 16.2. The summed E-state index contributed by atoms with van der Waals surface area (Å²) in [6, 6.07) is 8.93. The summed E-state index contributed by atoms with van der Waals surface area (Å²) < 4.78 is 0. The Balaban J connectivity index is 0.000000194. The van der Waals surface area contributed by atoms with Crippen LogP contribution in [0.4, 0.5) is 0 Å². The molecule has 0 bridgehead atoms. The maximum Gasteiger partial charge on any atom is 0.253 e. The molecule has 1 aliphatic heterocycles. The topological polar surface area (TPSA) is 114 Å². The van der Waals surface area contributed by atoms with E-state index < -0.39 is 18.0 Å². The number of carbonyl (C=O) groups excluding carboxylic acids is 2. The molecule has 2 amide bonds. The first-order chi connectivity index (χ1) is 12.8. The van der Waals surface area contributed by atoms with E-state index in [0.717, 1.165) is 34.9 Å². The summed E-state index contributed by atoms with van der Waals surface area (Å²) in [6.07, 6.45) is 2.39. The van der Waals surface area contributed by atoms with Crippen LogP contribution in [0, 0.1) is 0 Å². The Morgan fingerprint density at radius 3 is 2.70 bits per heavy atom. The van der Waals surface area contributed by atoms with Crippen LogP contribution >= 0.6 is 0 Å². The molecule has 0 aliphatic carbocycles. The molecule has 1 aliphatic rings. The zero-order valence-electron chi connectivity index (χ0n) is 15.8. The van der Waals surface area contributed by atoms with E-state index in [2.05, 4.69) is 29.5 Å². The largest absolute Gasteiger partial charge is 0.368 e. The maximum absolute atomic E-state index is 11.5. The highest BCUT2D eigenvalue weighted by Crippen LogP contribution is 2.10. The van der Waals surface area contributed by atoms with Crippen LogP contribution in [0.2, 0.25) is 0 Å². The Bertz CT molecular complexity index is 812. The van der Waals surface area contributed by atoms with E-state index in [1.165, 1.54) is 5.01 Å². The molecule has 2 radical (unpaired) electrons. The zero-order valence-corrected chi connectivity index (χ0v) is 15.8. The summed E-state index contributed by atoms with van der Waals surface area (Å²) in [4.78, 5) is 26.8. The molecule has 2 heterocycles. The number of hydrogen-bond acceptors (Lipinski definition) is 5. The molecular formula is C19H26BN5O2. The van der Waals surface area contributed by atoms with Gasteiger partial charge in [0.2, 0.25) is 5.91 Å². The van der Waals surface area contributed by atoms with Crippen molar-refractivity contribution >= 4 is 36.0 Å². The van der Waals surface area contributed by atoms with Crippen LogP contribution in [0.5, 0.6) is 0 Å². The number of pyridine rings is 1. The lowest BCUT2D eigenvalue weighted by Crippen LogP contribution is -2.59. The molecule has 2 unspecified atom stereocenters. The molecule has 1 saturated heterocycles. The van der Waals surface area contributed by atoms with Crippen molar-refractivity contribution in [1.29, 1.82) is 0 Å². The van der Waals surface area contributed by atoms with Gasteiger partial charge in [0.15, 0.2) is 0 Å². The molecule has 27 heavy (non-hydrogen) atoms. The van der Waals surface area contributed by atoms with Gasteiger partial charge in [0.1, 0.15) is 13.9 Å². The summed E-state index contributed by atoms with van der Waals surface area (Å²) in [5.41, 5.74) is 16.2. The van der Waals surface area contributed by atoms with Crippen LogP contribution in [0.1, 0.15) is 32.4 Å². The van der Waals surface area contributed by atoms with Crippen molar-refractivity contribution in [2.45, 2.75) is 45.2 Å². The minimum atomic E-state index is -0.561. The maximum atomic E-state index is 11.5. The number of hydrogen-bond donors (Lipinski definition) is 3. The summed E-state index contributed by atoms with van der Waals surface area (Å²) in [5, 5.41) is 2.52. The standard InChI is InChI=1S/C11H10BN.C8H16N4O2/c1-2-10-6-4-8-3-5-9(12)7-11(8)13-10;1-5(9)8(14)12-4-2-3-6(11-12)7(10)13/h3-7H,2H2,1H3;5-6,11H,2-4,9H2,1H3,(H2,10,13). The predicted octanol–water partition coefficient (Wildman–Crippen LogP) is -0.0945. The Labute approximate surface area is 160 Å². The molecular weight excluding hydrogens is 341 g/mol. The fourth-order valence-corrected chi connectivity index (χ4v) is 2.77. The van der Waals surface area contributed by atoms with Crippen LogP contribution in [0.25, 0.3) is 10.9 Å². The molecule has 7 nitrogen and oxygen atoms in total. The first-order valence-corrected chi connectivity index (χ1v) is 9.09. The predicted molar refractivity (Wildman–Crippen MR) is 107 cm³/mol. The SMILES string of the molecule is CC(N)C(=O)N1CCCC(C(N)=O)N1.[B]c1ccc2ccc(CC)nc2c1. The van der Waals surface area contributed by atoms with Gasteiger partial charge >= 0.3 is 0 Å². The van der Waals surface area contributed by atoms with Crippen LogP contribution in [0.3, 0.4) is 0 Å². The number of carbonyl (C=O) groups is 2. The molecule has 8 heteroatoms. The molecule has 1 fully saturated rings. The van der Waals surface area contributed by atoms with Crippen molar-refractivity contribution in [3.05, 3.63) is 36.0 Å². The van der Waals surface area contributed by atoms with Gasteiger partial charge in [-0.1, -0.05) is 30.6 Å². The fourth-order valence-electron chi connectivity index (χ4n) is 2.77. The second-order valence-corrected chi connectivity index (χ2v) is 6.61. The number of hydrazine groups is 1. The molecule has 1 aromatic carbocycles. The normalized spacial score (nSPS) is 17.7. The quantitative estimate of drug-likeness (QED) is 0.656. The number of rotatable bonds is 3. The van der Waals surface area contributed by atoms with E-state index in [0.29, 0.717) is 13.0 Å². The van der Waals surface area contributed by atoms with Crippen molar-refractivity contribution < 1.29 is 9.59 Å². The highest BCUT2D eigenvalue weighted by molar-refractivity contribution is 6.33. The molecule has 5 N–H and O–H groups in total. The van der Waals surface area contributed by atoms with Gasteiger partial charge in [-0.3, -0.25) is 19.6 Å². The Hall–Kier alpha value is -2.45. The number of fused-ring (bicyclic) bond motifs is 1. The highest BCUT2D eigenvalue weighted by Gasteiger charge is 2.27. The number of nitrogens with two attached hydrogens (primary N) is 2. The number of primary amides is 1. The first-order valence-electron chi connectivity index (χ1n) is 9.09. The van der Waals surface area contributed by atoms with Gasteiger partial charge in [-0.05, 0) is 38.3 Å². The average molecular weight is 367 g/mol. The Morgan fingerprint density at radius 2 is 2.07 bits per heavy atom. The average Bonchev–Trinajstić information content (AvgIpc) is 2.67. The van der Waals surface area contributed by atoms with Crippen molar-refractivity contribution in [3.63, 3.8) is 0 Å². The molecule has 1 aromatic heterocycles. The van der Waals surface area contributed by atoms with Gasteiger partial charge in [0, 0.05) is 17.6 Å². The van der Waals surface area contributed by atoms with Gasteiger partial charge < -0.3 is 11.5 Å². The smallest absolute Gasteiger partial charge is 0.253 e. The Morgan fingerprint density at radius 1 is 1.37 bits per heavy atom. The van der Waals surface area contributed by atoms with Gasteiger partial charge in [-0.15, -0.1) is 0 Å². The summed E-state index contributed by atoms with van der Waals surface area (Å²) in [6.45, 7) is 4.28. The van der Waals surface area contributed by atoms with Gasteiger partial charge in [0.25, 0.3) is 5.91 Å². The van der Waals surface area contributed by atoms with Crippen LogP contribution in [-0.2, 0) is 16.0 Å². The van der Waals surface area contributed by atoms with Gasteiger partial charge in [-0.25, -0.2) is 5.43 Å². The molecule has 0 spiro atoms. The third-order valence-electron chi connectivity index (χ3n) is 4.32. The molecule has 2 atom stereocenters. The van der Waals surface area contributed by atoms with E-state index in [9.17, 15) is 9.59 Å². The van der Waals surface area contributed by atoms with Crippen LogP contribution in [0.15, 0.2) is 30.3 Å². The third kappa shape index (κ3) is 5.77. The minimum absolute atomic E-state index is 0.212. The monoisotopic (exact) mass is 367 g/mol. The molecule has 3 rings (SSSR count). The summed E-state index contributed by atoms with van der Waals surface area (Å²) >= 11 is 0. The number of nitrogens with zero attached hydrogens (tertiary/aromatic N) is 2. The van der Waals surface area contributed by atoms with Crippen molar-refractivity contribution in [2.75, 3.05) is 6.54 Å². The number of benzene rings is 1. The lowest BCUT2D eigenvalue weighted by molar-refractivity contribution is -0.139. The number of nitrogens with one attached hydrogen (secondary N) is 1. The molecule has 0 saturated carbocycles. The van der Waals surface area contributed by atoms with Gasteiger partial charge in [-0.2, -0.15) is 0 Å². The van der Waals surface area contributed by atoms with E-state index in [1.54, 1.807) is 6.92 Å². The second-order valence-electron chi connectivity index (χ2n) is 6.61. The van der Waals surface area contributed by atoms with E-state index in [1.807, 2.05) is 18.2 Å². The van der Waals surface area contributed by atoms with E-state index >= 15 is 0 Å². The lowest BCUT2D eigenvalue weighted by Gasteiger charge is -2.33. The van der Waals surface area contributed by atoms with Crippen molar-refractivity contribution in [2.24, 2.45) is 11.5 Å². The van der Waals surface area contributed by atoms with E-state index in [4.69, 9.17) is 19.3 Å². The van der Waals surface area contributed by atoms with E-state index in [-0.39, 0.29) is 5.91 Å². The number of aromatic nitrogens is 1. The summed E-state index contributed by atoms with van der Waals surface area (Å²) in [7, 11) is 5.68. The third-order valence-corrected chi connectivity index (χ3v) is 4.32. The lowest BCUT2D eigenvalue weighted by atomic mass is 9.95. The second kappa shape index (κ2) is 9.48. The van der Waals surface area contributed by atoms with Crippen molar-refractivity contribution in [1.82, 2.24) is 15.4 Å². The molecule has 142 valence electrons. The zero-order chi connectivity index (χ0) is 20.0. The fraction of sp³-hybridized carbons (Fsp3) is 0.421. The minimum Gasteiger partial charge on any atom is -0.368 e. The Kier molecular flexibility index (Phi) is 7.32. The number of aryl methyl sites for hydroxylation is 1. The molecule has 2 aromatic rings. The number of amides is 2. The van der Waals surface area contributed by atoms with Crippen molar-refractivity contribution in [3.8, 4) is 0 Å². The van der Waals surface area contributed by atoms with Crippen LogP contribution in [-0.4, -0.2) is 48.3 Å². The van der Waals surface area contributed by atoms with Crippen LogP contribution < -0.4 is 22.4 Å². The first kappa shape index (κ1) is 20.9. The summed E-state index contributed by atoms with van der Waals surface area (Å²) in [5.74, 6) is -0.650.